The summed E-state index contributed by atoms with van der Waals surface area (Å²) in [6, 6.07) is 15.4. The lowest BCUT2D eigenvalue weighted by molar-refractivity contribution is 0.104. The van der Waals surface area contributed by atoms with Crippen LogP contribution in [0.4, 0.5) is 5.69 Å². The highest BCUT2D eigenvalue weighted by molar-refractivity contribution is 6.07. The van der Waals surface area contributed by atoms with Crippen LogP contribution in [0.15, 0.2) is 54.6 Å². The number of methoxy groups -OCH3 is 1. The van der Waals surface area contributed by atoms with Gasteiger partial charge in [-0.3, -0.25) is 4.79 Å². The molecule has 1 aliphatic heterocycles. The molecule has 1 aliphatic rings. The highest BCUT2D eigenvalue weighted by Gasteiger charge is 2.11. The zero-order valence-corrected chi connectivity index (χ0v) is 13.8. The van der Waals surface area contributed by atoms with E-state index in [1.165, 1.54) is 0 Å². The number of ketones is 1. The van der Waals surface area contributed by atoms with Crippen LogP contribution in [-0.4, -0.2) is 39.2 Å². The Balaban J connectivity index is 1.67. The Hall–Kier alpha value is -2.59. The molecule has 0 aliphatic carbocycles. The summed E-state index contributed by atoms with van der Waals surface area (Å²) in [5.74, 6) is 0.769. The van der Waals surface area contributed by atoms with E-state index in [0.717, 1.165) is 43.3 Å². The maximum Gasteiger partial charge on any atom is 0.185 e. The Labute approximate surface area is 142 Å². The van der Waals surface area contributed by atoms with Crippen LogP contribution in [0.2, 0.25) is 0 Å². The topological polar surface area (TPSA) is 38.8 Å². The Kier molecular flexibility index (Phi) is 5.29. The molecule has 0 atom stereocenters. The summed E-state index contributed by atoms with van der Waals surface area (Å²) in [4.78, 5) is 14.6. The van der Waals surface area contributed by atoms with Crippen molar-refractivity contribution in [1.82, 2.24) is 0 Å². The van der Waals surface area contributed by atoms with Crippen LogP contribution in [0.25, 0.3) is 6.08 Å². The first-order chi connectivity index (χ1) is 11.8. The van der Waals surface area contributed by atoms with Gasteiger partial charge in [0.1, 0.15) is 5.75 Å². The van der Waals surface area contributed by atoms with Gasteiger partial charge in [0.2, 0.25) is 0 Å². The van der Waals surface area contributed by atoms with Gasteiger partial charge in [-0.15, -0.1) is 0 Å². The third-order valence-electron chi connectivity index (χ3n) is 4.05. The quantitative estimate of drug-likeness (QED) is 0.624. The molecule has 0 radical (unpaired) electrons. The Morgan fingerprint density at radius 1 is 1.12 bits per heavy atom. The van der Waals surface area contributed by atoms with Crippen LogP contribution in [-0.2, 0) is 4.74 Å². The number of rotatable bonds is 5. The molecule has 3 rings (SSSR count). The molecule has 2 aromatic carbocycles. The second kappa shape index (κ2) is 7.79. The summed E-state index contributed by atoms with van der Waals surface area (Å²) in [6.45, 7) is 3.29. The smallest absolute Gasteiger partial charge is 0.185 e. The lowest BCUT2D eigenvalue weighted by Crippen LogP contribution is -2.36. The Morgan fingerprint density at radius 3 is 2.58 bits per heavy atom. The third kappa shape index (κ3) is 4.03. The van der Waals surface area contributed by atoms with Crippen LogP contribution in [0.5, 0.6) is 5.75 Å². The number of hydrogen-bond donors (Lipinski definition) is 0. The van der Waals surface area contributed by atoms with Crippen molar-refractivity contribution in [3.63, 3.8) is 0 Å². The number of nitrogens with zero attached hydrogens (tertiary/aromatic N) is 1. The third-order valence-corrected chi connectivity index (χ3v) is 4.05. The summed E-state index contributed by atoms with van der Waals surface area (Å²) in [5.41, 5.74) is 2.76. The molecule has 24 heavy (non-hydrogen) atoms. The van der Waals surface area contributed by atoms with Crippen LogP contribution >= 0.6 is 0 Å². The fraction of sp³-hybridized carbons (Fsp3) is 0.250. The summed E-state index contributed by atoms with van der Waals surface area (Å²) in [6.07, 6.45) is 3.40. The molecule has 4 heteroatoms. The predicted molar refractivity (Wildman–Crippen MR) is 95.8 cm³/mol. The molecule has 0 saturated carbocycles. The first kappa shape index (κ1) is 16.3. The summed E-state index contributed by atoms with van der Waals surface area (Å²) < 4.78 is 10.5. The van der Waals surface area contributed by atoms with E-state index in [0.29, 0.717) is 5.56 Å². The molecule has 4 nitrogen and oxygen atoms in total. The normalized spacial score (nSPS) is 14.8. The molecule has 0 bridgehead atoms. The minimum absolute atomic E-state index is 0.00801. The molecule has 0 unspecified atom stereocenters. The van der Waals surface area contributed by atoms with E-state index >= 15 is 0 Å². The van der Waals surface area contributed by atoms with Gasteiger partial charge in [0.15, 0.2) is 5.78 Å². The number of benzene rings is 2. The Bertz CT molecular complexity index is 716. The second-order valence-corrected chi connectivity index (χ2v) is 5.62. The molecule has 0 aromatic heterocycles. The van der Waals surface area contributed by atoms with E-state index < -0.39 is 0 Å². The molecule has 1 heterocycles. The van der Waals surface area contributed by atoms with E-state index in [-0.39, 0.29) is 5.78 Å². The fourth-order valence-electron chi connectivity index (χ4n) is 2.67. The molecule has 0 spiro atoms. The van der Waals surface area contributed by atoms with Crippen LogP contribution < -0.4 is 9.64 Å². The fourth-order valence-corrected chi connectivity index (χ4v) is 2.67. The van der Waals surface area contributed by atoms with E-state index in [9.17, 15) is 4.79 Å². The standard InChI is InChI=1S/C20H21NO3/c1-23-19-4-2-3-16(15-19)5-10-20(22)17-6-8-18(9-7-17)21-11-13-24-14-12-21/h2-10,15H,11-14H2,1H3. The maximum absolute atomic E-state index is 12.3. The van der Waals surface area contributed by atoms with Crippen molar-refractivity contribution >= 4 is 17.5 Å². The zero-order valence-electron chi connectivity index (χ0n) is 13.8. The molecule has 0 amide bonds. The van der Waals surface area contributed by atoms with E-state index in [2.05, 4.69) is 4.90 Å². The van der Waals surface area contributed by atoms with Crippen molar-refractivity contribution in [2.75, 3.05) is 38.3 Å². The number of allylic oxidation sites excluding steroid dienone is 1. The number of morpholine rings is 1. The number of ether oxygens (including phenoxy) is 2. The van der Waals surface area contributed by atoms with Crippen LogP contribution in [0.1, 0.15) is 15.9 Å². The number of carbonyl (C=O) groups excluding carboxylic acids is 1. The van der Waals surface area contributed by atoms with Crippen molar-refractivity contribution in [3.8, 4) is 5.75 Å². The molecule has 2 aromatic rings. The molecular weight excluding hydrogens is 302 g/mol. The minimum atomic E-state index is -0.00801. The minimum Gasteiger partial charge on any atom is -0.497 e. The van der Waals surface area contributed by atoms with Crippen LogP contribution in [0, 0.1) is 0 Å². The monoisotopic (exact) mass is 323 g/mol. The number of anilines is 1. The van der Waals surface area contributed by atoms with Crippen molar-refractivity contribution < 1.29 is 14.3 Å². The highest BCUT2D eigenvalue weighted by atomic mass is 16.5. The van der Waals surface area contributed by atoms with Crippen molar-refractivity contribution in [2.45, 2.75) is 0 Å². The highest BCUT2D eigenvalue weighted by Crippen LogP contribution is 2.18. The molecule has 0 N–H and O–H groups in total. The largest absolute Gasteiger partial charge is 0.497 e. The van der Waals surface area contributed by atoms with Gasteiger partial charge in [0, 0.05) is 24.3 Å². The Morgan fingerprint density at radius 2 is 1.88 bits per heavy atom. The molecule has 1 saturated heterocycles. The van der Waals surface area contributed by atoms with Crippen molar-refractivity contribution in [2.24, 2.45) is 0 Å². The molecular formula is C20H21NO3. The number of carbonyl (C=O) groups is 1. The summed E-state index contributed by atoms with van der Waals surface area (Å²) in [5, 5.41) is 0. The van der Waals surface area contributed by atoms with E-state index in [4.69, 9.17) is 9.47 Å². The van der Waals surface area contributed by atoms with E-state index in [1.807, 2.05) is 48.5 Å². The molecule has 124 valence electrons. The SMILES string of the molecule is COc1cccc(C=CC(=O)c2ccc(N3CCOCC3)cc2)c1. The van der Waals surface area contributed by atoms with Gasteiger partial charge in [0.05, 0.1) is 20.3 Å². The number of hydrogen-bond acceptors (Lipinski definition) is 4. The summed E-state index contributed by atoms with van der Waals surface area (Å²) >= 11 is 0. The van der Waals surface area contributed by atoms with Gasteiger partial charge in [-0.05, 0) is 48.0 Å². The first-order valence-corrected chi connectivity index (χ1v) is 8.05. The van der Waals surface area contributed by atoms with Gasteiger partial charge in [-0.1, -0.05) is 18.2 Å². The van der Waals surface area contributed by atoms with Crippen molar-refractivity contribution in [3.05, 3.63) is 65.7 Å². The maximum atomic E-state index is 12.3. The lowest BCUT2D eigenvalue weighted by Gasteiger charge is -2.28. The average molecular weight is 323 g/mol. The van der Waals surface area contributed by atoms with Gasteiger partial charge >= 0.3 is 0 Å². The van der Waals surface area contributed by atoms with E-state index in [1.54, 1.807) is 19.3 Å². The first-order valence-electron chi connectivity index (χ1n) is 8.05. The second-order valence-electron chi connectivity index (χ2n) is 5.62. The van der Waals surface area contributed by atoms with Crippen molar-refractivity contribution in [1.29, 1.82) is 0 Å². The van der Waals surface area contributed by atoms with Gasteiger partial charge in [-0.2, -0.15) is 0 Å². The predicted octanol–water partition coefficient (Wildman–Crippen LogP) is 3.43. The summed E-state index contributed by atoms with van der Waals surface area (Å²) in [7, 11) is 1.63. The zero-order chi connectivity index (χ0) is 16.8. The average Bonchev–Trinajstić information content (AvgIpc) is 2.67. The van der Waals surface area contributed by atoms with Gasteiger partial charge in [0.25, 0.3) is 0 Å². The molecule has 1 fully saturated rings. The van der Waals surface area contributed by atoms with Gasteiger partial charge in [-0.25, -0.2) is 0 Å². The van der Waals surface area contributed by atoms with Gasteiger partial charge < -0.3 is 14.4 Å². The lowest BCUT2D eigenvalue weighted by atomic mass is 10.1. The van der Waals surface area contributed by atoms with Crippen LogP contribution in [0.3, 0.4) is 0 Å².